The first-order chi connectivity index (χ1) is 5.69. The molecular weight excluding hydrogens is 150 g/mol. The maximum Gasteiger partial charge on any atom is 0.0493 e. The van der Waals surface area contributed by atoms with Gasteiger partial charge < -0.3 is 10.0 Å². The number of rotatable bonds is 2. The highest BCUT2D eigenvalue weighted by Crippen LogP contribution is 2.59. The van der Waals surface area contributed by atoms with Gasteiger partial charge in [-0.3, -0.25) is 0 Å². The van der Waals surface area contributed by atoms with Gasteiger partial charge in [-0.2, -0.15) is 0 Å². The quantitative estimate of drug-likeness (QED) is 0.665. The molecule has 2 rings (SSSR count). The van der Waals surface area contributed by atoms with Crippen LogP contribution in [0.2, 0.25) is 0 Å². The fourth-order valence-electron chi connectivity index (χ4n) is 2.83. The van der Waals surface area contributed by atoms with E-state index in [1.54, 1.807) is 0 Å². The molecule has 2 heteroatoms. The van der Waals surface area contributed by atoms with Crippen LogP contribution in [-0.2, 0) is 0 Å². The van der Waals surface area contributed by atoms with Gasteiger partial charge in [-0.05, 0) is 38.3 Å². The van der Waals surface area contributed by atoms with Crippen molar-refractivity contribution in [2.75, 3.05) is 26.7 Å². The predicted molar refractivity (Wildman–Crippen MR) is 48.9 cm³/mol. The lowest BCUT2D eigenvalue weighted by Crippen LogP contribution is -2.25. The first kappa shape index (κ1) is 8.52. The minimum absolute atomic E-state index is 0.324. The summed E-state index contributed by atoms with van der Waals surface area (Å²) >= 11 is 0. The molecule has 2 nitrogen and oxygen atoms in total. The van der Waals surface area contributed by atoms with Crippen molar-refractivity contribution in [2.24, 2.45) is 17.3 Å². The van der Waals surface area contributed by atoms with Crippen LogP contribution in [0.4, 0.5) is 0 Å². The lowest BCUT2D eigenvalue weighted by atomic mass is 9.87. The molecule has 0 bridgehead atoms. The third kappa shape index (κ3) is 1.09. The Bertz CT molecular complexity index is 179. The van der Waals surface area contributed by atoms with Crippen molar-refractivity contribution in [3.8, 4) is 0 Å². The number of aliphatic hydroxyl groups is 1. The van der Waals surface area contributed by atoms with Crippen LogP contribution in [0.5, 0.6) is 0 Å². The molecule has 1 N–H and O–H groups in total. The Morgan fingerprint density at radius 3 is 2.58 bits per heavy atom. The van der Waals surface area contributed by atoms with Gasteiger partial charge >= 0.3 is 0 Å². The summed E-state index contributed by atoms with van der Waals surface area (Å²) in [6.07, 6.45) is 2.55. The summed E-state index contributed by atoms with van der Waals surface area (Å²) in [4.78, 5) is 2.38. The molecule has 0 aromatic heterocycles. The predicted octanol–water partition coefficient (Wildman–Crippen LogP) is 0.957. The van der Waals surface area contributed by atoms with Crippen molar-refractivity contribution in [3.05, 3.63) is 0 Å². The van der Waals surface area contributed by atoms with Crippen molar-refractivity contribution in [1.82, 2.24) is 4.90 Å². The summed E-state index contributed by atoms with van der Waals surface area (Å²) in [6.45, 7) is 5.10. The zero-order chi connectivity index (χ0) is 8.77. The van der Waals surface area contributed by atoms with E-state index in [-0.39, 0.29) is 0 Å². The highest BCUT2D eigenvalue weighted by atomic mass is 16.3. The van der Waals surface area contributed by atoms with Crippen molar-refractivity contribution in [3.63, 3.8) is 0 Å². The van der Waals surface area contributed by atoms with Gasteiger partial charge in [0, 0.05) is 18.6 Å². The number of hydrogen-bond donors (Lipinski definition) is 1. The molecule has 0 radical (unpaired) electrons. The molecule has 1 heterocycles. The normalized spacial score (nSPS) is 48.2. The SMILES string of the molecule is CC1CC1(CO)C1CCN(C)C1. The van der Waals surface area contributed by atoms with Gasteiger partial charge in [0.2, 0.25) is 0 Å². The fraction of sp³-hybridized carbons (Fsp3) is 1.00. The molecule has 3 atom stereocenters. The molecule has 70 valence electrons. The third-order valence-electron chi connectivity index (χ3n) is 4.01. The third-order valence-corrected chi connectivity index (χ3v) is 4.01. The first-order valence-electron chi connectivity index (χ1n) is 4.98. The molecule has 1 aliphatic carbocycles. The summed E-state index contributed by atoms with van der Waals surface area (Å²) in [5.41, 5.74) is 0.324. The first-order valence-corrected chi connectivity index (χ1v) is 4.98. The Morgan fingerprint density at radius 2 is 2.25 bits per heavy atom. The van der Waals surface area contributed by atoms with Gasteiger partial charge in [0.05, 0.1) is 0 Å². The Hall–Kier alpha value is -0.0800. The van der Waals surface area contributed by atoms with Gasteiger partial charge in [-0.25, -0.2) is 0 Å². The lowest BCUT2D eigenvalue weighted by Gasteiger charge is -2.21. The van der Waals surface area contributed by atoms with E-state index in [9.17, 15) is 5.11 Å². The topological polar surface area (TPSA) is 23.5 Å². The second-order valence-corrected chi connectivity index (χ2v) is 4.74. The van der Waals surface area contributed by atoms with Crippen LogP contribution >= 0.6 is 0 Å². The van der Waals surface area contributed by atoms with Gasteiger partial charge in [0.15, 0.2) is 0 Å². The molecule has 2 aliphatic rings. The van der Waals surface area contributed by atoms with Crippen LogP contribution in [0.3, 0.4) is 0 Å². The molecule has 0 aromatic carbocycles. The van der Waals surface area contributed by atoms with Gasteiger partial charge in [-0.15, -0.1) is 0 Å². The van der Waals surface area contributed by atoms with E-state index in [0.717, 1.165) is 11.8 Å². The number of hydrogen-bond acceptors (Lipinski definition) is 2. The summed E-state index contributed by atoms with van der Waals surface area (Å²) in [5, 5.41) is 9.36. The van der Waals surface area contributed by atoms with E-state index in [1.807, 2.05) is 0 Å². The summed E-state index contributed by atoms with van der Waals surface area (Å²) < 4.78 is 0. The van der Waals surface area contributed by atoms with Crippen LogP contribution in [0, 0.1) is 17.3 Å². The van der Waals surface area contributed by atoms with E-state index in [2.05, 4.69) is 18.9 Å². The highest BCUT2D eigenvalue weighted by Gasteiger charge is 2.56. The van der Waals surface area contributed by atoms with Gasteiger partial charge in [-0.1, -0.05) is 6.92 Å². The summed E-state index contributed by atoms with van der Waals surface area (Å²) in [7, 11) is 2.18. The second kappa shape index (κ2) is 2.71. The average Bonchev–Trinajstić information content (AvgIpc) is 2.50. The summed E-state index contributed by atoms with van der Waals surface area (Å²) in [6, 6.07) is 0. The molecular formula is C10H19NO. The molecule has 0 spiro atoms. The van der Waals surface area contributed by atoms with Gasteiger partial charge in [0.1, 0.15) is 0 Å². The molecule has 1 saturated heterocycles. The number of likely N-dealkylation sites (tertiary alicyclic amines) is 1. The van der Waals surface area contributed by atoms with Crippen molar-refractivity contribution >= 4 is 0 Å². The summed E-state index contributed by atoms with van der Waals surface area (Å²) in [5.74, 6) is 1.53. The number of nitrogens with zero attached hydrogens (tertiary/aromatic N) is 1. The lowest BCUT2D eigenvalue weighted by molar-refractivity contribution is 0.145. The maximum absolute atomic E-state index is 9.36. The van der Waals surface area contributed by atoms with Crippen LogP contribution in [-0.4, -0.2) is 36.8 Å². The minimum Gasteiger partial charge on any atom is -0.396 e. The van der Waals surface area contributed by atoms with E-state index in [0.29, 0.717) is 12.0 Å². The fourth-order valence-corrected chi connectivity index (χ4v) is 2.83. The average molecular weight is 169 g/mol. The molecule has 0 aromatic rings. The Labute approximate surface area is 74.6 Å². The standard InChI is InChI=1S/C10H19NO/c1-8-5-10(8,7-12)9-3-4-11(2)6-9/h8-9,12H,3-7H2,1-2H3. The second-order valence-electron chi connectivity index (χ2n) is 4.74. The van der Waals surface area contributed by atoms with Gasteiger partial charge in [0.25, 0.3) is 0 Å². The molecule has 12 heavy (non-hydrogen) atoms. The van der Waals surface area contributed by atoms with Crippen molar-refractivity contribution < 1.29 is 5.11 Å². The smallest absolute Gasteiger partial charge is 0.0493 e. The van der Waals surface area contributed by atoms with Crippen molar-refractivity contribution in [1.29, 1.82) is 0 Å². The molecule has 1 saturated carbocycles. The molecule has 0 amide bonds. The van der Waals surface area contributed by atoms with E-state index < -0.39 is 0 Å². The molecule has 1 aliphatic heterocycles. The Balaban J connectivity index is 2.00. The van der Waals surface area contributed by atoms with E-state index >= 15 is 0 Å². The highest BCUT2D eigenvalue weighted by molar-refractivity contribution is 5.05. The van der Waals surface area contributed by atoms with Crippen LogP contribution in [0.15, 0.2) is 0 Å². The van der Waals surface area contributed by atoms with Crippen LogP contribution in [0.1, 0.15) is 19.8 Å². The van der Waals surface area contributed by atoms with E-state index in [4.69, 9.17) is 0 Å². The monoisotopic (exact) mass is 169 g/mol. The largest absolute Gasteiger partial charge is 0.396 e. The molecule has 2 fully saturated rings. The van der Waals surface area contributed by atoms with Crippen LogP contribution < -0.4 is 0 Å². The Kier molecular flexibility index (Phi) is 1.92. The zero-order valence-electron chi connectivity index (χ0n) is 8.08. The zero-order valence-corrected chi connectivity index (χ0v) is 8.08. The van der Waals surface area contributed by atoms with Crippen molar-refractivity contribution in [2.45, 2.75) is 19.8 Å². The van der Waals surface area contributed by atoms with Crippen LogP contribution in [0.25, 0.3) is 0 Å². The molecule has 3 unspecified atom stereocenters. The maximum atomic E-state index is 9.36. The Morgan fingerprint density at radius 1 is 1.58 bits per heavy atom. The minimum atomic E-state index is 0.324. The van der Waals surface area contributed by atoms with E-state index in [1.165, 1.54) is 25.9 Å². The number of aliphatic hydroxyl groups excluding tert-OH is 1.